The van der Waals surface area contributed by atoms with Gasteiger partial charge in [0.05, 0.1) is 6.07 Å². The van der Waals surface area contributed by atoms with Crippen molar-refractivity contribution >= 4 is 0 Å². The Labute approximate surface area is 120 Å². The zero-order valence-corrected chi connectivity index (χ0v) is 12.6. The van der Waals surface area contributed by atoms with Crippen molar-refractivity contribution in [2.24, 2.45) is 5.41 Å². The molecule has 1 fully saturated rings. The van der Waals surface area contributed by atoms with E-state index in [4.69, 9.17) is 14.5 Å². The molecule has 1 unspecified atom stereocenters. The second kappa shape index (κ2) is 5.92. The van der Waals surface area contributed by atoms with Crippen LogP contribution in [-0.4, -0.2) is 17.3 Å². The minimum atomic E-state index is -0.362. The topological polar surface area (TPSA) is 71.9 Å². The lowest BCUT2D eigenvalue weighted by molar-refractivity contribution is -0.0178. The number of aromatic nitrogens is 2. The monoisotopic (exact) mass is 277 g/mol. The van der Waals surface area contributed by atoms with Crippen LogP contribution in [0.1, 0.15) is 64.1 Å². The van der Waals surface area contributed by atoms with Crippen molar-refractivity contribution in [3.63, 3.8) is 0 Å². The minimum absolute atomic E-state index is 0.103. The summed E-state index contributed by atoms with van der Waals surface area (Å²) < 4.78 is 11.1. The summed E-state index contributed by atoms with van der Waals surface area (Å²) in [5, 5.41) is 13.1. The predicted octanol–water partition coefficient (Wildman–Crippen LogP) is 3.36. The van der Waals surface area contributed by atoms with Crippen molar-refractivity contribution < 1.29 is 9.26 Å². The van der Waals surface area contributed by atoms with Crippen molar-refractivity contribution in [2.75, 3.05) is 7.11 Å². The molecule has 2 rings (SSSR count). The Hall–Kier alpha value is -1.41. The van der Waals surface area contributed by atoms with Crippen molar-refractivity contribution in [2.45, 2.75) is 64.4 Å². The molecular weight excluding hydrogens is 254 g/mol. The number of hydrogen-bond acceptors (Lipinski definition) is 5. The van der Waals surface area contributed by atoms with E-state index in [-0.39, 0.29) is 11.0 Å². The normalized spacial score (nSPS) is 20.5. The summed E-state index contributed by atoms with van der Waals surface area (Å²) in [7, 11) is 1.72. The Bertz CT molecular complexity index is 486. The summed E-state index contributed by atoms with van der Waals surface area (Å²) in [6, 6.07) is 2.25. The molecule has 1 aliphatic rings. The molecule has 0 aromatic carbocycles. The van der Waals surface area contributed by atoms with Gasteiger partial charge in [-0.05, 0) is 37.5 Å². The van der Waals surface area contributed by atoms with Crippen LogP contribution >= 0.6 is 0 Å². The maximum Gasteiger partial charge on any atom is 0.227 e. The Morgan fingerprint density at radius 1 is 1.45 bits per heavy atom. The number of nitrogens with zero attached hydrogens (tertiary/aromatic N) is 3. The van der Waals surface area contributed by atoms with Gasteiger partial charge in [0.15, 0.2) is 0 Å². The zero-order valence-electron chi connectivity index (χ0n) is 12.6. The van der Waals surface area contributed by atoms with Gasteiger partial charge in [-0.3, -0.25) is 0 Å². The van der Waals surface area contributed by atoms with E-state index in [1.807, 2.05) is 0 Å². The van der Waals surface area contributed by atoms with E-state index in [2.05, 4.69) is 30.1 Å². The van der Waals surface area contributed by atoms with E-state index in [1.54, 1.807) is 7.11 Å². The van der Waals surface area contributed by atoms with Crippen LogP contribution in [0.25, 0.3) is 0 Å². The molecule has 20 heavy (non-hydrogen) atoms. The highest BCUT2D eigenvalue weighted by Crippen LogP contribution is 2.40. The van der Waals surface area contributed by atoms with E-state index in [0.29, 0.717) is 24.6 Å². The fourth-order valence-electron chi connectivity index (χ4n) is 2.85. The molecule has 5 nitrogen and oxygen atoms in total. The maximum atomic E-state index is 8.93. The van der Waals surface area contributed by atoms with E-state index in [0.717, 1.165) is 32.1 Å². The fourth-order valence-corrected chi connectivity index (χ4v) is 2.85. The van der Waals surface area contributed by atoms with Crippen molar-refractivity contribution in [3.05, 3.63) is 11.7 Å². The largest absolute Gasteiger partial charge is 0.370 e. The summed E-state index contributed by atoms with van der Waals surface area (Å²) in [5.41, 5.74) is -0.464. The molecule has 0 saturated heterocycles. The van der Waals surface area contributed by atoms with Crippen LogP contribution in [0.3, 0.4) is 0 Å². The summed E-state index contributed by atoms with van der Waals surface area (Å²) in [5.74, 6) is 1.28. The number of ether oxygens (including phenoxy) is 1. The molecule has 1 heterocycles. The van der Waals surface area contributed by atoms with Gasteiger partial charge in [0.1, 0.15) is 5.60 Å². The van der Waals surface area contributed by atoms with Crippen molar-refractivity contribution in [3.8, 4) is 6.07 Å². The van der Waals surface area contributed by atoms with Crippen molar-refractivity contribution in [1.29, 1.82) is 5.26 Å². The second-order valence-electron chi connectivity index (χ2n) is 6.09. The van der Waals surface area contributed by atoms with Crippen LogP contribution in [-0.2, 0) is 16.8 Å². The highest BCUT2D eigenvalue weighted by Gasteiger charge is 2.40. The Morgan fingerprint density at radius 3 is 2.70 bits per heavy atom. The van der Waals surface area contributed by atoms with Crippen molar-refractivity contribution in [1.82, 2.24) is 10.1 Å². The van der Waals surface area contributed by atoms with Crippen LogP contribution < -0.4 is 0 Å². The number of methoxy groups -OCH3 is 1. The zero-order chi connectivity index (χ0) is 14.6. The minimum Gasteiger partial charge on any atom is -0.370 e. The Kier molecular flexibility index (Phi) is 4.44. The summed E-state index contributed by atoms with van der Waals surface area (Å²) in [6.45, 7) is 4.17. The van der Waals surface area contributed by atoms with E-state index < -0.39 is 0 Å². The van der Waals surface area contributed by atoms with Crippen LogP contribution in [0.4, 0.5) is 0 Å². The third-order valence-electron chi connectivity index (χ3n) is 4.61. The first-order chi connectivity index (χ1) is 9.57. The molecule has 1 atom stereocenters. The molecule has 1 aromatic heterocycles. The second-order valence-corrected chi connectivity index (χ2v) is 6.09. The molecule has 1 aliphatic carbocycles. The first-order valence-corrected chi connectivity index (χ1v) is 7.33. The van der Waals surface area contributed by atoms with E-state index in [1.165, 1.54) is 0 Å². The van der Waals surface area contributed by atoms with Crippen LogP contribution in [0.5, 0.6) is 0 Å². The standard InChI is InChI=1S/C15H23N3O2/c1-4-14(2,9-10-16)11-12-17-13(18-20-12)15(19-3)7-5-6-8-15/h4-9,11H2,1-3H3. The van der Waals surface area contributed by atoms with Gasteiger partial charge >= 0.3 is 0 Å². The molecule has 1 aromatic rings. The van der Waals surface area contributed by atoms with Gasteiger partial charge in [-0.1, -0.05) is 19.0 Å². The highest BCUT2D eigenvalue weighted by molar-refractivity contribution is 5.05. The first-order valence-electron chi connectivity index (χ1n) is 7.33. The van der Waals surface area contributed by atoms with Crippen LogP contribution in [0, 0.1) is 16.7 Å². The summed E-state index contributed by atoms with van der Waals surface area (Å²) in [6.07, 6.45) is 6.23. The van der Waals surface area contributed by atoms with Gasteiger partial charge in [0, 0.05) is 20.0 Å². The van der Waals surface area contributed by atoms with Gasteiger partial charge in [0.25, 0.3) is 0 Å². The van der Waals surface area contributed by atoms with Gasteiger partial charge in [-0.15, -0.1) is 0 Å². The lowest BCUT2D eigenvalue weighted by Gasteiger charge is -2.23. The third kappa shape index (κ3) is 2.85. The van der Waals surface area contributed by atoms with Crippen LogP contribution in [0.2, 0.25) is 0 Å². The summed E-state index contributed by atoms with van der Waals surface area (Å²) >= 11 is 0. The van der Waals surface area contributed by atoms with Gasteiger partial charge in [-0.25, -0.2) is 0 Å². The van der Waals surface area contributed by atoms with Gasteiger partial charge in [-0.2, -0.15) is 10.2 Å². The number of nitriles is 1. The predicted molar refractivity (Wildman–Crippen MR) is 73.8 cm³/mol. The van der Waals surface area contributed by atoms with Gasteiger partial charge < -0.3 is 9.26 Å². The molecule has 0 radical (unpaired) electrons. The highest BCUT2D eigenvalue weighted by atomic mass is 16.5. The van der Waals surface area contributed by atoms with E-state index in [9.17, 15) is 0 Å². The molecule has 0 N–H and O–H groups in total. The molecule has 1 saturated carbocycles. The maximum absolute atomic E-state index is 8.93. The molecular formula is C15H23N3O2. The third-order valence-corrected chi connectivity index (χ3v) is 4.61. The SMILES string of the molecule is CCC(C)(CC#N)Cc1nc(C2(OC)CCCC2)no1. The van der Waals surface area contributed by atoms with Crippen LogP contribution in [0.15, 0.2) is 4.52 Å². The van der Waals surface area contributed by atoms with E-state index >= 15 is 0 Å². The lowest BCUT2D eigenvalue weighted by Crippen LogP contribution is -2.26. The average Bonchev–Trinajstić information content (AvgIpc) is 3.08. The quantitative estimate of drug-likeness (QED) is 0.797. The van der Waals surface area contributed by atoms with Gasteiger partial charge in [0.2, 0.25) is 11.7 Å². The molecule has 0 aliphatic heterocycles. The molecule has 0 amide bonds. The first kappa shape index (κ1) is 15.0. The fraction of sp³-hybridized carbons (Fsp3) is 0.800. The number of hydrogen-bond donors (Lipinski definition) is 0. The molecule has 0 bridgehead atoms. The average molecular weight is 277 g/mol. The molecule has 5 heteroatoms. The lowest BCUT2D eigenvalue weighted by atomic mass is 9.81. The molecule has 0 spiro atoms. The summed E-state index contributed by atoms with van der Waals surface area (Å²) in [4.78, 5) is 4.54. The Balaban J connectivity index is 2.15. The molecule has 110 valence electrons. The number of rotatable bonds is 6. The Morgan fingerprint density at radius 2 is 2.15 bits per heavy atom. The smallest absolute Gasteiger partial charge is 0.227 e.